The Morgan fingerprint density at radius 1 is 1.05 bits per heavy atom. The fourth-order valence-corrected chi connectivity index (χ4v) is 1.59. The second kappa shape index (κ2) is 8.66. The van der Waals surface area contributed by atoms with Crippen LogP contribution in [0.4, 0.5) is 5.82 Å². The van der Waals surface area contributed by atoms with E-state index in [-0.39, 0.29) is 0 Å². The number of ether oxygens (including phenoxy) is 3. The number of hydrogen-bond donors (Lipinski definition) is 1. The van der Waals surface area contributed by atoms with Gasteiger partial charge in [-0.2, -0.15) is 4.98 Å². The van der Waals surface area contributed by atoms with Crippen LogP contribution in [-0.2, 0) is 9.47 Å². The smallest absolute Gasteiger partial charge is 0.221 e. The standard InChI is InChI=1S/C13H23N3O3/c1-10-12(14-3)15-11(2)16-13(10)19-9-8-18-7-5-6-17-4/h5-9H2,1-4H3,(H,14,15,16). The summed E-state index contributed by atoms with van der Waals surface area (Å²) in [5, 5.41) is 3.02. The lowest BCUT2D eigenvalue weighted by Gasteiger charge is -2.12. The van der Waals surface area contributed by atoms with Crippen molar-refractivity contribution in [3.63, 3.8) is 0 Å². The molecule has 0 bridgehead atoms. The van der Waals surface area contributed by atoms with E-state index in [2.05, 4.69) is 15.3 Å². The van der Waals surface area contributed by atoms with Crippen LogP contribution in [0.5, 0.6) is 5.88 Å². The van der Waals surface area contributed by atoms with Gasteiger partial charge in [0, 0.05) is 27.4 Å². The van der Waals surface area contributed by atoms with Crippen molar-refractivity contribution in [1.29, 1.82) is 0 Å². The van der Waals surface area contributed by atoms with Crippen LogP contribution in [0.3, 0.4) is 0 Å². The van der Waals surface area contributed by atoms with Gasteiger partial charge < -0.3 is 19.5 Å². The van der Waals surface area contributed by atoms with E-state index in [0.717, 1.165) is 24.4 Å². The summed E-state index contributed by atoms with van der Waals surface area (Å²) in [6.07, 6.45) is 0.895. The van der Waals surface area contributed by atoms with Gasteiger partial charge in [0.25, 0.3) is 0 Å². The molecule has 1 rings (SSSR count). The molecule has 1 N–H and O–H groups in total. The van der Waals surface area contributed by atoms with Crippen LogP contribution in [0, 0.1) is 13.8 Å². The predicted molar refractivity (Wildman–Crippen MR) is 73.9 cm³/mol. The predicted octanol–water partition coefficient (Wildman–Crippen LogP) is 1.57. The molecule has 0 fully saturated rings. The number of aryl methyl sites for hydroxylation is 1. The quantitative estimate of drug-likeness (QED) is 0.686. The van der Waals surface area contributed by atoms with Crippen LogP contribution in [0.1, 0.15) is 17.8 Å². The third kappa shape index (κ3) is 5.40. The van der Waals surface area contributed by atoms with Gasteiger partial charge in [-0.25, -0.2) is 4.98 Å². The first-order valence-electron chi connectivity index (χ1n) is 6.41. The number of nitrogens with one attached hydrogen (secondary N) is 1. The molecule has 6 nitrogen and oxygen atoms in total. The highest BCUT2D eigenvalue weighted by atomic mass is 16.5. The molecule has 0 saturated heterocycles. The van der Waals surface area contributed by atoms with Crippen molar-refractivity contribution in [1.82, 2.24) is 9.97 Å². The molecule has 0 radical (unpaired) electrons. The first-order chi connectivity index (χ1) is 9.19. The Morgan fingerprint density at radius 2 is 1.84 bits per heavy atom. The Hall–Kier alpha value is -1.40. The van der Waals surface area contributed by atoms with E-state index < -0.39 is 0 Å². The van der Waals surface area contributed by atoms with Crippen LogP contribution >= 0.6 is 0 Å². The third-order valence-electron chi connectivity index (χ3n) is 2.55. The molecule has 0 aliphatic rings. The maximum Gasteiger partial charge on any atom is 0.221 e. The van der Waals surface area contributed by atoms with Crippen LogP contribution in [0.15, 0.2) is 0 Å². The minimum absolute atomic E-state index is 0.480. The highest BCUT2D eigenvalue weighted by Crippen LogP contribution is 2.21. The lowest BCUT2D eigenvalue weighted by Crippen LogP contribution is -2.11. The number of rotatable bonds is 9. The minimum atomic E-state index is 0.480. The molecule has 0 spiro atoms. The van der Waals surface area contributed by atoms with Crippen molar-refractivity contribution in [2.75, 3.05) is 45.9 Å². The van der Waals surface area contributed by atoms with E-state index in [0.29, 0.717) is 31.5 Å². The molecule has 1 heterocycles. The summed E-state index contributed by atoms with van der Waals surface area (Å²) in [5.74, 6) is 2.09. The molecule has 108 valence electrons. The lowest BCUT2D eigenvalue weighted by atomic mass is 10.3. The molecular weight excluding hydrogens is 246 g/mol. The van der Waals surface area contributed by atoms with Gasteiger partial charge in [0.05, 0.1) is 12.2 Å². The van der Waals surface area contributed by atoms with Gasteiger partial charge >= 0.3 is 0 Å². The van der Waals surface area contributed by atoms with Crippen molar-refractivity contribution >= 4 is 5.82 Å². The fraction of sp³-hybridized carbons (Fsp3) is 0.692. The Kier molecular flexibility index (Phi) is 7.14. The van der Waals surface area contributed by atoms with Crippen molar-refractivity contribution in [3.8, 4) is 5.88 Å². The maximum absolute atomic E-state index is 5.62. The van der Waals surface area contributed by atoms with Crippen LogP contribution in [0.25, 0.3) is 0 Å². The fourth-order valence-electron chi connectivity index (χ4n) is 1.59. The van der Waals surface area contributed by atoms with Gasteiger partial charge in [0.1, 0.15) is 18.2 Å². The maximum atomic E-state index is 5.62. The first kappa shape index (κ1) is 15.7. The molecule has 19 heavy (non-hydrogen) atoms. The highest BCUT2D eigenvalue weighted by Gasteiger charge is 2.08. The highest BCUT2D eigenvalue weighted by molar-refractivity contribution is 5.47. The van der Waals surface area contributed by atoms with E-state index >= 15 is 0 Å². The van der Waals surface area contributed by atoms with E-state index in [9.17, 15) is 0 Å². The summed E-state index contributed by atoms with van der Waals surface area (Å²) in [4.78, 5) is 8.56. The summed E-state index contributed by atoms with van der Waals surface area (Å²) >= 11 is 0. The first-order valence-corrected chi connectivity index (χ1v) is 6.41. The second-order valence-electron chi connectivity index (χ2n) is 4.11. The van der Waals surface area contributed by atoms with E-state index in [1.165, 1.54) is 0 Å². The second-order valence-corrected chi connectivity index (χ2v) is 4.11. The zero-order chi connectivity index (χ0) is 14.1. The van der Waals surface area contributed by atoms with Crippen molar-refractivity contribution in [2.45, 2.75) is 20.3 Å². The number of hydrogen-bond acceptors (Lipinski definition) is 6. The van der Waals surface area contributed by atoms with Crippen LogP contribution < -0.4 is 10.1 Å². The average Bonchev–Trinajstić information content (AvgIpc) is 2.41. The SMILES string of the molecule is CNc1nc(C)nc(OCCOCCCOC)c1C. The summed E-state index contributed by atoms with van der Waals surface area (Å²) in [6, 6.07) is 0. The third-order valence-corrected chi connectivity index (χ3v) is 2.55. The molecular formula is C13H23N3O3. The summed E-state index contributed by atoms with van der Waals surface area (Å²) in [7, 11) is 3.51. The lowest BCUT2D eigenvalue weighted by molar-refractivity contribution is 0.0793. The Labute approximate surface area is 114 Å². The Bertz CT molecular complexity index is 386. The molecule has 0 atom stereocenters. The minimum Gasteiger partial charge on any atom is -0.475 e. The zero-order valence-corrected chi connectivity index (χ0v) is 12.2. The molecule has 1 aromatic rings. The normalized spacial score (nSPS) is 10.5. The summed E-state index contributed by atoms with van der Waals surface area (Å²) < 4.78 is 16.0. The Balaban J connectivity index is 2.35. The van der Waals surface area contributed by atoms with Gasteiger partial charge in [-0.3, -0.25) is 0 Å². The number of aromatic nitrogens is 2. The van der Waals surface area contributed by atoms with Crippen LogP contribution in [0.2, 0.25) is 0 Å². The summed E-state index contributed by atoms with van der Waals surface area (Å²) in [6.45, 7) is 6.19. The van der Waals surface area contributed by atoms with E-state index in [1.807, 2.05) is 20.9 Å². The number of anilines is 1. The molecule has 0 aromatic carbocycles. The average molecular weight is 269 g/mol. The molecule has 0 amide bonds. The molecule has 0 saturated carbocycles. The van der Waals surface area contributed by atoms with Crippen molar-refractivity contribution in [2.24, 2.45) is 0 Å². The van der Waals surface area contributed by atoms with Crippen molar-refractivity contribution in [3.05, 3.63) is 11.4 Å². The van der Waals surface area contributed by atoms with E-state index in [1.54, 1.807) is 7.11 Å². The molecule has 1 aromatic heterocycles. The van der Waals surface area contributed by atoms with Gasteiger partial charge in [-0.05, 0) is 20.3 Å². The van der Waals surface area contributed by atoms with E-state index in [4.69, 9.17) is 14.2 Å². The van der Waals surface area contributed by atoms with Gasteiger partial charge in [0.2, 0.25) is 5.88 Å². The topological polar surface area (TPSA) is 65.5 Å². The monoisotopic (exact) mass is 269 g/mol. The number of methoxy groups -OCH3 is 1. The van der Waals surface area contributed by atoms with Crippen molar-refractivity contribution < 1.29 is 14.2 Å². The van der Waals surface area contributed by atoms with Crippen LogP contribution in [-0.4, -0.2) is 50.6 Å². The zero-order valence-electron chi connectivity index (χ0n) is 12.2. The molecule has 0 aliphatic heterocycles. The Morgan fingerprint density at radius 3 is 2.53 bits per heavy atom. The molecule has 0 unspecified atom stereocenters. The number of nitrogens with zero attached hydrogens (tertiary/aromatic N) is 2. The largest absolute Gasteiger partial charge is 0.475 e. The molecule has 0 aliphatic carbocycles. The van der Waals surface area contributed by atoms with Gasteiger partial charge in [-0.15, -0.1) is 0 Å². The summed E-state index contributed by atoms with van der Waals surface area (Å²) in [5.41, 5.74) is 0.910. The molecule has 6 heteroatoms. The van der Waals surface area contributed by atoms with Gasteiger partial charge in [0.15, 0.2) is 0 Å². The van der Waals surface area contributed by atoms with Gasteiger partial charge in [-0.1, -0.05) is 0 Å².